The Morgan fingerprint density at radius 1 is 1.39 bits per heavy atom. The van der Waals surface area contributed by atoms with Gasteiger partial charge in [-0.05, 0) is 25.1 Å². The second kappa shape index (κ2) is 6.26. The summed E-state index contributed by atoms with van der Waals surface area (Å²) >= 11 is 5.83. The van der Waals surface area contributed by atoms with Crippen molar-refractivity contribution in [2.24, 2.45) is 0 Å². The van der Waals surface area contributed by atoms with Gasteiger partial charge in [-0.15, -0.1) is 0 Å². The second-order valence-electron chi connectivity index (χ2n) is 3.67. The molecule has 0 radical (unpaired) electrons. The Labute approximate surface area is 110 Å². The number of anilines is 1. The quantitative estimate of drug-likeness (QED) is 0.666. The number of esters is 1. The predicted octanol–water partition coefficient (Wildman–Crippen LogP) is 1.56. The minimum atomic E-state index is -0.472. The molecule has 0 aliphatic heterocycles. The van der Waals surface area contributed by atoms with Crippen LogP contribution in [0.2, 0.25) is 5.02 Å². The van der Waals surface area contributed by atoms with Crippen molar-refractivity contribution >= 4 is 29.2 Å². The normalized spacial score (nSPS) is 9.94. The first-order valence-electron chi connectivity index (χ1n) is 5.40. The van der Waals surface area contributed by atoms with E-state index in [1.165, 1.54) is 24.1 Å². The number of halogens is 1. The number of nitrogens with two attached hydrogens (primary N) is 1. The molecule has 0 atom stereocenters. The average molecular weight is 271 g/mol. The molecule has 0 fully saturated rings. The number of carbonyl (C=O) groups excluding carboxylic acids is 2. The minimum absolute atomic E-state index is 0.0990. The molecule has 0 bridgehead atoms. The standard InChI is InChI=1S/C12H15ClN2O3/c1-3-15(7-11(16)18-2)12(17)8-4-9(13)6-10(14)5-8/h4-6H,3,7,14H2,1-2H3. The lowest BCUT2D eigenvalue weighted by Crippen LogP contribution is -2.36. The van der Waals surface area contributed by atoms with Gasteiger partial charge in [0.15, 0.2) is 0 Å². The molecule has 6 heteroatoms. The Kier molecular flexibility index (Phi) is 4.97. The number of ether oxygens (including phenoxy) is 1. The number of nitrogens with zero attached hydrogens (tertiary/aromatic N) is 1. The highest BCUT2D eigenvalue weighted by Crippen LogP contribution is 2.18. The second-order valence-corrected chi connectivity index (χ2v) is 4.11. The zero-order chi connectivity index (χ0) is 13.7. The molecule has 0 spiro atoms. The highest BCUT2D eigenvalue weighted by Gasteiger charge is 2.18. The molecule has 1 aromatic carbocycles. The van der Waals surface area contributed by atoms with Gasteiger partial charge in [0, 0.05) is 22.8 Å². The van der Waals surface area contributed by atoms with Crippen LogP contribution in [0.3, 0.4) is 0 Å². The van der Waals surface area contributed by atoms with Crippen molar-refractivity contribution in [2.75, 3.05) is 25.9 Å². The molecular weight excluding hydrogens is 256 g/mol. The summed E-state index contributed by atoms with van der Waals surface area (Å²) in [4.78, 5) is 24.7. The molecule has 0 aromatic heterocycles. The maximum absolute atomic E-state index is 12.1. The summed E-state index contributed by atoms with van der Waals surface area (Å²) < 4.78 is 4.53. The van der Waals surface area contributed by atoms with Crippen molar-refractivity contribution in [1.82, 2.24) is 4.90 Å². The van der Waals surface area contributed by atoms with Crippen LogP contribution in [0.15, 0.2) is 18.2 Å². The lowest BCUT2D eigenvalue weighted by Gasteiger charge is -2.19. The number of methoxy groups -OCH3 is 1. The van der Waals surface area contributed by atoms with Crippen molar-refractivity contribution < 1.29 is 14.3 Å². The van der Waals surface area contributed by atoms with Crippen LogP contribution in [0, 0.1) is 0 Å². The van der Waals surface area contributed by atoms with Crippen LogP contribution >= 0.6 is 11.6 Å². The van der Waals surface area contributed by atoms with E-state index in [-0.39, 0.29) is 12.5 Å². The monoisotopic (exact) mass is 270 g/mol. The molecule has 2 N–H and O–H groups in total. The molecular formula is C12H15ClN2O3. The summed E-state index contributed by atoms with van der Waals surface area (Å²) in [5.74, 6) is -0.780. The zero-order valence-electron chi connectivity index (χ0n) is 10.3. The largest absolute Gasteiger partial charge is 0.468 e. The Bertz CT molecular complexity index is 442. The van der Waals surface area contributed by atoms with Crippen LogP contribution in [-0.2, 0) is 9.53 Å². The Hall–Kier alpha value is -1.75. The topological polar surface area (TPSA) is 72.6 Å². The minimum Gasteiger partial charge on any atom is -0.468 e. The number of likely N-dealkylation sites (N-methyl/N-ethyl adjacent to an activating group) is 1. The van der Waals surface area contributed by atoms with Crippen LogP contribution in [0.25, 0.3) is 0 Å². The van der Waals surface area contributed by atoms with Gasteiger partial charge >= 0.3 is 5.97 Å². The van der Waals surface area contributed by atoms with Gasteiger partial charge in [-0.2, -0.15) is 0 Å². The third-order valence-corrected chi connectivity index (χ3v) is 2.60. The Balaban J connectivity index is 2.92. The van der Waals surface area contributed by atoms with Crippen molar-refractivity contribution in [3.05, 3.63) is 28.8 Å². The lowest BCUT2D eigenvalue weighted by molar-refractivity contribution is -0.141. The molecule has 0 aliphatic carbocycles. The van der Waals surface area contributed by atoms with E-state index >= 15 is 0 Å². The van der Waals surface area contributed by atoms with Crippen LogP contribution < -0.4 is 5.73 Å². The van der Waals surface area contributed by atoms with Gasteiger partial charge in [0.2, 0.25) is 0 Å². The molecule has 18 heavy (non-hydrogen) atoms. The number of hydrogen-bond donors (Lipinski definition) is 1. The van der Waals surface area contributed by atoms with E-state index in [1.54, 1.807) is 13.0 Å². The molecule has 0 saturated carbocycles. The van der Waals surface area contributed by atoms with Gasteiger partial charge in [-0.3, -0.25) is 9.59 Å². The van der Waals surface area contributed by atoms with Gasteiger partial charge in [-0.25, -0.2) is 0 Å². The molecule has 0 unspecified atom stereocenters. The fourth-order valence-corrected chi connectivity index (χ4v) is 1.71. The van der Waals surface area contributed by atoms with E-state index in [9.17, 15) is 9.59 Å². The molecule has 5 nitrogen and oxygen atoms in total. The SMILES string of the molecule is CCN(CC(=O)OC)C(=O)c1cc(N)cc(Cl)c1. The first-order valence-corrected chi connectivity index (χ1v) is 5.78. The number of carbonyl (C=O) groups is 2. The summed E-state index contributed by atoms with van der Waals surface area (Å²) in [6, 6.07) is 4.59. The molecule has 1 amide bonds. The lowest BCUT2D eigenvalue weighted by atomic mass is 10.1. The fraction of sp³-hybridized carbons (Fsp3) is 0.333. The molecule has 0 heterocycles. The van der Waals surface area contributed by atoms with E-state index in [0.717, 1.165) is 0 Å². The van der Waals surface area contributed by atoms with E-state index < -0.39 is 5.97 Å². The van der Waals surface area contributed by atoms with Gasteiger partial charge in [0.25, 0.3) is 5.91 Å². The van der Waals surface area contributed by atoms with E-state index in [1.807, 2.05) is 0 Å². The van der Waals surface area contributed by atoms with E-state index in [2.05, 4.69) is 4.74 Å². The zero-order valence-corrected chi connectivity index (χ0v) is 11.0. The Morgan fingerprint density at radius 2 is 2.06 bits per heavy atom. The first-order chi connectivity index (χ1) is 8.47. The predicted molar refractivity (Wildman–Crippen MR) is 69.5 cm³/mol. The summed E-state index contributed by atoms with van der Waals surface area (Å²) in [5, 5.41) is 0.382. The van der Waals surface area contributed by atoms with Gasteiger partial charge < -0.3 is 15.4 Å². The molecule has 0 aliphatic rings. The summed E-state index contributed by atoms with van der Waals surface area (Å²) in [5.41, 5.74) is 6.37. The van der Waals surface area contributed by atoms with Crippen molar-refractivity contribution in [2.45, 2.75) is 6.92 Å². The summed E-state index contributed by atoms with van der Waals surface area (Å²) in [6.07, 6.45) is 0. The van der Waals surface area contributed by atoms with Gasteiger partial charge in [-0.1, -0.05) is 11.6 Å². The summed E-state index contributed by atoms with van der Waals surface area (Å²) in [6.45, 7) is 2.06. The van der Waals surface area contributed by atoms with Crippen molar-refractivity contribution in [3.8, 4) is 0 Å². The van der Waals surface area contributed by atoms with Crippen molar-refractivity contribution in [1.29, 1.82) is 0 Å². The smallest absolute Gasteiger partial charge is 0.325 e. The van der Waals surface area contributed by atoms with Gasteiger partial charge in [0.1, 0.15) is 6.54 Å². The average Bonchev–Trinajstić information content (AvgIpc) is 2.33. The number of benzene rings is 1. The Morgan fingerprint density at radius 3 is 2.56 bits per heavy atom. The van der Waals surface area contributed by atoms with Crippen LogP contribution in [0.1, 0.15) is 17.3 Å². The number of amides is 1. The summed E-state index contributed by atoms with van der Waals surface area (Å²) in [7, 11) is 1.28. The maximum atomic E-state index is 12.1. The third kappa shape index (κ3) is 3.63. The van der Waals surface area contributed by atoms with E-state index in [0.29, 0.717) is 22.8 Å². The molecule has 1 rings (SSSR count). The molecule has 1 aromatic rings. The molecule has 98 valence electrons. The number of rotatable bonds is 4. The van der Waals surface area contributed by atoms with Crippen molar-refractivity contribution in [3.63, 3.8) is 0 Å². The van der Waals surface area contributed by atoms with Crippen LogP contribution in [0.4, 0.5) is 5.69 Å². The van der Waals surface area contributed by atoms with E-state index in [4.69, 9.17) is 17.3 Å². The fourth-order valence-electron chi connectivity index (χ4n) is 1.47. The van der Waals surface area contributed by atoms with Crippen LogP contribution in [0.5, 0.6) is 0 Å². The van der Waals surface area contributed by atoms with Crippen LogP contribution in [-0.4, -0.2) is 37.0 Å². The number of nitrogen functional groups attached to an aromatic ring is 1. The third-order valence-electron chi connectivity index (χ3n) is 2.38. The van der Waals surface area contributed by atoms with Gasteiger partial charge in [0.05, 0.1) is 7.11 Å². The highest BCUT2D eigenvalue weighted by molar-refractivity contribution is 6.31. The maximum Gasteiger partial charge on any atom is 0.325 e. The first kappa shape index (κ1) is 14.3. The number of hydrogen-bond acceptors (Lipinski definition) is 4. The molecule has 0 saturated heterocycles. The highest BCUT2D eigenvalue weighted by atomic mass is 35.5.